The number of carbonyl (C=O) groups is 1. The number of imidazole rings is 1. The largest absolute Gasteiger partial charge is 0.337 e. The lowest BCUT2D eigenvalue weighted by atomic mass is 9.81. The molecule has 3 N–H and O–H groups in total. The standard InChI is InChI=1S/C20H24F4N6O/c21-19(22)3-1-12(2-4-19)17(25)15-10-30-16(28-15)5-11(6-27-30)8-29-9-14-13(20(14,23)24)7-26-18(29)31/h5-6,10,12-14,17H,1-4,7-9,25H2,(H,26,31)/t13-,14+,17-/m0/s1. The van der Waals surface area contributed by atoms with Crippen molar-refractivity contribution in [3.05, 3.63) is 29.7 Å². The molecular formula is C20H24F4N6O. The normalized spacial score (nSPS) is 28.7. The summed E-state index contributed by atoms with van der Waals surface area (Å²) in [5, 5.41) is 6.85. The van der Waals surface area contributed by atoms with Crippen LogP contribution in [0.2, 0.25) is 0 Å². The molecule has 0 bridgehead atoms. The van der Waals surface area contributed by atoms with E-state index in [1.807, 2.05) is 0 Å². The topological polar surface area (TPSA) is 88.5 Å². The summed E-state index contributed by atoms with van der Waals surface area (Å²) >= 11 is 0. The number of rotatable bonds is 4. The van der Waals surface area contributed by atoms with Crippen LogP contribution in [0.4, 0.5) is 22.4 Å². The molecule has 0 aromatic carbocycles. The molecule has 2 aromatic rings. The van der Waals surface area contributed by atoms with Gasteiger partial charge in [0, 0.05) is 32.5 Å². The van der Waals surface area contributed by atoms with Crippen molar-refractivity contribution >= 4 is 11.7 Å². The SMILES string of the molecule is N[C@H](c1cn2ncc(CN3C[C@@H]4[C@H](CNC3=O)C4(F)F)cc2n1)C1CCC(F)(F)CC1. The molecule has 0 spiro atoms. The second-order valence-electron chi connectivity index (χ2n) is 9.01. The van der Waals surface area contributed by atoms with E-state index in [-0.39, 0.29) is 44.4 Å². The fraction of sp³-hybridized carbons (Fsp3) is 0.650. The maximum absolute atomic E-state index is 13.7. The molecular weight excluding hydrogens is 416 g/mol. The summed E-state index contributed by atoms with van der Waals surface area (Å²) in [5.74, 6) is -7.03. The highest BCUT2D eigenvalue weighted by atomic mass is 19.3. The van der Waals surface area contributed by atoms with Gasteiger partial charge in [-0.2, -0.15) is 5.10 Å². The lowest BCUT2D eigenvalue weighted by molar-refractivity contribution is -0.0484. The number of carbonyl (C=O) groups excluding carboxylic acids is 1. The molecule has 11 heteroatoms. The van der Waals surface area contributed by atoms with E-state index in [9.17, 15) is 22.4 Å². The Morgan fingerprint density at radius 1 is 1.23 bits per heavy atom. The lowest BCUT2D eigenvalue weighted by Crippen LogP contribution is -2.40. The van der Waals surface area contributed by atoms with Gasteiger partial charge in [-0.1, -0.05) is 0 Å². The van der Waals surface area contributed by atoms with Crippen LogP contribution >= 0.6 is 0 Å². The minimum Gasteiger partial charge on any atom is -0.337 e. The predicted molar refractivity (Wildman–Crippen MR) is 103 cm³/mol. The van der Waals surface area contributed by atoms with Crippen LogP contribution in [-0.4, -0.2) is 50.5 Å². The number of halogens is 4. The first-order valence-corrected chi connectivity index (χ1v) is 10.5. The molecule has 1 aliphatic heterocycles. The fourth-order valence-corrected chi connectivity index (χ4v) is 4.82. The van der Waals surface area contributed by atoms with Crippen LogP contribution in [0.5, 0.6) is 0 Å². The van der Waals surface area contributed by atoms with E-state index in [0.717, 1.165) is 0 Å². The van der Waals surface area contributed by atoms with Crippen LogP contribution in [-0.2, 0) is 6.54 Å². The predicted octanol–water partition coefficient (Wildman–Crippen LogP) is 2.96. The van der Waals surface area contributed by atoms with Gasteiger partial charge in [0.1, 0.15) is 0 Å². The van der Waals surface area contributed by atoms with E-state index in [4.69, 9.17) is 5.73 Å². The number of hydrogen-bond donors (Lipinski definition) is 2. The molecule has 3 heterocycles. The minimum absolute atomic E-state index is 0.00837. The number of hydrogen-bond acceptors (Lipinski definition) is 4. The van der Waals surface area contributed by atoms with E-state index >= 15 is 0 Å². The van der Waals surface area contributed by atoms with Gasteiger partial charge in [-0.3, -0.25) is 0 Å². The maximum atomic E-state index is 13.7. The first-order valence-electron chi connectivity index (χ1n) is 10.5. The zero-order chi connectivity index (χ0) is 22.0. The smallest absolute Gasteiger partial charge is 0.317 e. The summed E-state index contributed by atoms with van der Waals surface area (Å²) < 4.78 is 55.9. The number of fused-ring (bicyclic) bond motifs is 2. The summed E-state index contributed by atoms with van der Waals surface area (Å²) in [4.78, 5) is 18.1. The van der Waals surface area contributed by atoms with Crippen LogP contribution in [0.25, 0.3) is 5.65 Å². The van der Waals surface area contributed by atoms with Gasteiger partial charge in [-0.15, -0.1) is 0 Å². The number of alkyl halides is 4. The number of amides is 2. The number of urea groups is 1. The fourth-order valence-electron chi connectivity index (χ4n) is 4.82. The molecule has 0 unspecified atom stereocenters. The minimum atomic E-state index is -2.73. The molecule has 3 atom stereocenters. The monoisotopic (exact) mass is 440 g/mol. The molecule has 7 nitrogen and oxygen atoms in total. The van der Waals surface area contributed by atoms with Crippen molar-refractivity contribution in [2.24, 2.45) is 23.5 Å². The molecule has 2 amide bonds. The van der Waals surface area contributed by atoms with E-state index in [1.54, 1.807) is 23.0 Å². The molecule has 3 fully saturated rings. The zero-order valence-electron chi connectivity index (χ0n) is 16.8. The van der Waals surface area contributed by atoms with Crippen LogP contribution in [0.15, 0.2) is 18.5 Å². The Kier molecular flexibility index (Phi) is 4.65. The van der Waals surface area contributed by atoms with E-state index in [1.165, 1.54) is 4.90 Å². The average molecular weight is 440 g/mol. The lowest BCUT2D eigenvalue weighted by Gasteiger charge is -2.31. The second kappa shape index (κ2) is 7.04. The van der Waals surface area contributed by atoms with Gasteiger partial charge in [0.15, 0.2) is 5.65 Å². The Morgan fingerprint density at radius 3 is 2.71 bits per heavy atom. The number of nitrogens with one attached hydrogen (secondary N) is 1. The van der Waals surface area contributed by atoms with Crippen LogP contribution in [0.3, 0.4) is 0 Å². The van der Waals surface area contributed by atoms with Crippen molar-refractivity contribution in [2.45, 2.75) is 50.1 Å². The summed E-state index contributed by atoms with van der Waals surface area (Å²) in [6.45, 7) is 0.116. The zero-order valence-corrected chi connectivity index (χ0v) is 16.8. The highest BCUT2D eigenvalue weighted by Gasteiger charge is 2.69. The van der Waals surface area contributed by atoms with Crippen molar-refractivity contribution in [1.29, 1.82) is 0 Å². The van der Waals surface area contributed by atoms with Gasteiger partial charge in [-0.25, -0.2) is 31.9 Å². The number of aromatic nitrogens is 3. The molecule has 2 saturated carbocycles. The third-order valence-corrected chi connectivity index (χ3v) is 6.92. The van der Waals surface area contributed by atoms with Crippen LogP contribution < -0.4 is 11.1 Å². The van der Waals surface area contributed by atoms with Crippen molar-refractivity contribution < 1.29 is 22.4 Å². The van der Waals surface area contributed by atoms with Crippen LogP contribution in [0, 0.1) is 17.8 Å². The molecule has 168 valence electrons. The Labute approximate surface area is 176 Å². The molecule has 1 saturated heterocycles. The highest BCUT2D eigenvalue weighted by molar-refractivity contribution is 5.75. The third kappa shape index (κ3) is 3.72. The first kappa shape index (κ1) is 20.5. The van der Waals surface area contributed by atoms with Crippen molar-refractivity contribution in [3.8, 4) is 0 Å². The van der Waals surface area contributed by atoms with Gasteiger partial charge < -0.3 is 16.0 Å². The van der Waals surface area contributed by atoms with Gasteiger partial charge in [0.2, 0.25) is 5.92 Å². The Balaban J connectivity index is 1.30. The molecule has 5 rings (SSSR count). The van der Waals surface area contributed by atoms with E-state index < -0.39 is 29.7 Å². The van der Waals surface area contributed by atoms with Gasteiger partial charge in [0.25, 0.3) is 5.92 Å². The molecule has 2 aliphatic carbocycles. The Bertz CT molecular complexity index is 1000. The number of nitrogens with zero attached hydrogens (tertiary/aromatic N) is 4. The molecule has 2 aromatic heterocycles. The van der Waals surface area contributed by atoms with E-state index in [0.29, 0.717) is 29.7 Å². The second-order valence-corrected chi connectivity index (χ2v) is 9.01. The Hall–Kier alpha value is -2.43. The summed E-state index contributed by atoms with van der Waals surface area (Å²) in [6, 6.07) is 0.897. The van der Waals surface area contributed by atoms with Gasteiger partial charge >= 0.3 is 6.03 Å². The third-order valence-electron chi connectivity index (χ3n) is 6.92. The Morgan fingerprint density at radius 2 is 1.97 bits per heavy atom. The molecule has 0 radical (unpaired) electrons. The number of nitrogens with two attached hydrogens (primary N) is 1. The first-order chi connectivity index (χ1) is 14.6. The van der Waals surface area contributed by atoms with Gasteiger partial charge in [0.05, 0.1) is 36.0 Å². The molecule has 31 heavy (non-hydrogen) atoms. The van der Waals surface area contributed by atoms with E-state index in [2.05, 4.69) is 15.4 Å². The van der Waals surface area contributed by atoms with Crippen molar-refractivity contribution in [3.63, 3.8) is 0 Å². The van der Waals surface area contributed by atoms with Crippen molar-refractivity contribution in [2.75, 3.05) is 13.1 Å². The van der Waals surface area contributed by atoms with Crippen LogP contribution in [0.1, 0.15) is 43.0 Å². The van der Waals surface area contributed by atoms with Gasteiger partial charge in [-0.05, 0) is 30.4 Å². The maximum Gasteiger partial charge on any atom is 0.317 e. The summed E-state index contributed by atoms with van der Waals surface area (Å²) in [6.07, 6.45) is 3.60. The highest BCUT2D eigenvalue weighted by Crippen LogP contribution is 2.55. The molecule has 3 aliphatic rings. The summed E-state index contributed by atoms with van der Waals surface area (Å²) in [5.41, 5.74) is 8.06. The summed E-state index contributed by atoms with van der Waals surface area (Å²) in [7, 11) is 0. The van der Waals surface area contributed by atoms with Crippen molar-refractivity contribution in [1.82, 2.24) is 24.8 Å². The average Bonchev–Trinajstić information content (AvgIpc) is 3.06. The quantitative estimate of drug-likeness (QED) is 0.716.